The molecule has 17 unspecified atom stereocenters. The molecule has 0 amide bonds. The van der Waals surface area contributed by atoms with E-state index in [-0.39, 0.29) is 0 Å². The maximum Gasteiger partial charge on any atom is 0.0643 e. The van der Waals surface area contributed by atoms with E-state index in [9.17, 15) is 0 Å². The van der Waals surface area contributed by atoms with Gasteiger partial charge in [-0.3, -0.25) is 47.4 Å². The molecule has 4 aliphatic carbocycles. The SMILES string of the molecule is C1CCN(C2CCCC3C4NC5NC(NC6NC(NC7NC(NC(N4)C32)C2CCCCC72)C2CCCCC62)C2CCCCC52)CC1. The first-order valence-corrected chi connectivity index (χ1v) is 20.6. The van der Waals surface area contributed by atoms with Crippen LogP contribution < -0.4 is 42.5 Å². The number of likely N-dealkylation sites (tertiary alicyclic amines) is 1. The molecule has 258 valence electrons. The molecule has 0 aromatic rings. The van der Waals surface area contributed by atoms with Gasteiger partial charge in [-0.2, -0.15) is 0 Å². The first-order valence-electron chi connectivity index (χ1n) is 20.6. The van der Waals surface area contributed by atoms with E-state index in [2.05, 4.69) is 47.4 Å². The predicted molar refractivity (Wildman–Crippen MR) is 182 cm³/mol. The molecule has 46 heavy (non-hydrogen) atoms. The fourth-order valence-corrected chi connectivity index (χ4v) is 13.7. The van der Waals surface area contributed by atoms with Crippen molar-refractivity contribution < 1.29 is 0 Å². The Morgan fingerprint density at radius 1 is 0.283 bits per heavy atom. The Morgan fingerprint density at radius 3 is 1.00 bits per heavy atom. The van der Waals surface area contributed by atoms with Crippen molar-refractivity contribution in [2.75, 3.05) is 13.1 Å². The van der Waals surface area contributed by atoms with Crippen LogP contribution in [0.3, 0.4) is 0 Å². The van der Waals surface area contributed by atoms with Crippen LogP contribution in [0.1, 0.15) is 116 Å². The van der Waals surface area contributed by atoms with Crippen molar-refractivity contribution in [1.82, 2.24) is 47.4 Å². The fraction of sp³-hybridized carbons (Fsp3) is 1.00. The number of hydrogen-bond acceptors (Lipinski definition) is 9. The van der Waals surface area contributed by atoms with E-state index in [0.29, 0.717) is 67.2 Å². The molecule has 0 spiro atoms. The molecule has 9 heteroatoms. The number of nitrogens with zero attached hydrogens (tertiary/aromatic N) is 1. The van der Waals surface area contributed by atoms with Gasteiger partial charge in [-0.05, 0) is 119 Å². The number of hydrogen-bond donors (Lipinski definition) is 8. The van der Waals surface area contributed by atoms with E-state index in [1.807, 2.05) is 0 Å². The summed E-state index contributed by atoms with van der Waals surface area (Å²) >= 11 is 0. The van der Waals surface area contributed by atoms with Crippen LogP contribution in [-0.2, 0) is 0 Å². The van der Waals surface area contributed by atoms with Crippen molar-refractivity contribution in [3.8, 4) is 0 Å². The molecule has 10 fully saturated rings. The molecular weight excluding hydrogens is 570 g/mol. The zero-order valence-corrected chi connectivity index (χ0v) is 28.4. The first kappa shape index (κ1) is 30.5. The van der Waals surface area contributed by atoms with Crippen molar-refractivity contribution >= 4 is 0 Å². The Bertz CT molecular complexity index is 1070. The van der Waals surface area contributed by atoms with Gasteiger partial charge in [0.1, 0.15) is 0 Å². The predicted octanol–water partition coefficient (Wildman–Crippen LogP) is 3.07. The Balaban J connectivity index is 0.996. The van der Waals surface area contributed by atoms with E-state index in [0.717, 1.165) is 35.5 Å². The second-order valence-corrected chi connectivity index (χ2v) is 17.8. The van der Waals surface area contributed by atoms with Gasteiger partial charge in [0, 0.05) is 12.0 Å². The highest BCUT2D eigenvalue weighted by Crippen LogP contribution is 2.46. The van der Waals surface area contributed by atoms with E-state index in [1.165, 1.54) is 129 Å². The summed E-state index contributed by atoms with van der Waals surface area (Å²) in [6, 6.07) is 0.715. The van der Waals surface area contributed by atoms with Gasteiger partial charge in [0.2, 0.25) is 0 Å². The summed E-state index contributed by atoms with van der Waals surface area (Å²) in [7, 11) is 0. The maximum absolute atomic E-state index is 4.40. The average molecular weight is 636 g/mol. The lowest BCUT2D eigenvalue weighted by atomic mass is 9.73. The number of fused-ring (bicyclic) bond motifs is 20. The van der Waals surface area contributed by atoms with Crippen molar-refractivity contribution in [1.29, 1.82) is 0 Å². The zero-order chi connectivity index (χ0) is 30.2. The molecule has 17 atom stereocenters. The Kier molecular flexibility index (Phi) is 8.45. The summed E-state index contributed by atoms with van der Waals surface area (Å²) in [6.07, 6.45) is 28.2. The first-order chi connectivity index (χ1) is 22.8. The second kappa shape index (κ2) is 12.8. The van der Waals surface area contributed by atoms with Crippen molar-refractivity contribution in [3.05, 3.63) is 0 Å². The summed E-state index contributed by atoms with van der Waals surface area (Å²) in [5, 5.41) is 34.5. The minimum Gasteiger partial charge on any atom is -0.300 e. The molecule has 6 saturated heterocycles. The van der Waals surface area contributed by atoms with Crippen molar-refractivity contribution in [2.45, 2.75) is 171 Å². The van der Waals surface area contributed by atoms with Gasteiger partial charge in [0.25, 0.3) is 0 Å². The van der Waals surface area contributed by atoms with Gasteiger partial charge in [0.05, 0.1) is 49.3 Å². The quantitative estimate of drug-likeness (QED) is 0.221. The highest BCUT2D eigenvalue weighted by atomic mass is 15.4. The molecular formula is C37H65N9. The van der Waals surface area contributed by atoms with Gasteiger partial charge >= 0.3 is 0 Å². The maximum atomic E-state index is 4.40. The summed E-state index contributed by atoms with van der Waals surface area (Å²) < 4.78 is 0. The Hall–Kier alpha value is -0.360. The molecule has 0 aromatic heterocycles. The minimum atomic E-state index is 0.371. The summed E-state index contributed by atoms with van der Waals surface area (Å²) in [5.74, 6) is 5.77. The molecule has 4 saturated carbocycles. The highest BCUT2D eigenvalue weighted by molar-refractivity contribution is 5.10. The number of nitrogens with one attached hydrogen (secondary N) is 8. The molecule has 6 heterocycles. The number of rotatable bonds is 1. The minimum absolute atomic E-state index is 0.371. The standard InChI is InChI=1S/C37H65N9/c1-8-19-46(20-9-1)28-18-10-17-27-29(28)37-44-35-26-16-7-6-15-25(26)33(42-35)40-31-22-12-3-2-11-21(22)30(38-31)39-32-23-13-4-5-14-24(23)34(41-32)43-36(27)45-37/h21-45H,1-20H2. The van der Waals surface area contributed by atoms with Gasteiger partial charge in [-0.1, -0.05) is 51.4 Å². The Labute approximate surface area is 278 Å². The van der Waals surface area contributed by atoms with Crippen LogP contribution in [-0.4, -0.2) is 73.4 Å². The fourth-order valence-electron chi connectivity index (χ4n) is 13.7. The molecule has 6 aliphatic heterocycles. The van der Waals surface area contributed by atoms with Gasteiger partial charge < -0.3 is 0 Å². The third-order valence-corrected chi connectivity index (χ3v) is 15.7. The topological polar surface area (TPSA) is 99.5 Å². The summed E-state index contributed by atoms with van der Waals surface area (Å²) in [5.41, 5.74) is 0. The van der Waals surface area contributed by atoms with Crippen LogP contribution >= 0.6 is 0 Å². The van der Waals surface area contributed by atoms with E-state index in [1.54, 1.807) is 0 Å². The van der Waals surface area contributed by atoms with Gasteiger partial charge in [-0.15, -0.1) is 0 Å². The monoisotopic (exact) mass is 636 g/mol. The molecule has 9 nitrogen and oxygen atoms in total. The van der Waals surface area contributed by atoms with Crippen LogP contribution in [0.5, 0.6) is 0 Å². The molecule has 0 radical (unpaired) electrons. The van der Waals surface area contributed by atoms with Crippen LogP contribution in [0.2, 0.25) is 0 Å². The van der Waals surface area contributed by atoms with Crippen molar-refractivity contribution in [2.24, 2.45) is 47.3 Å². The highest BCUT2D eigenvalue weighted by Gasteiger charge is 2.56. The average Bonchev–Trinajstić information content (AvgIpc) is 3.84. The summed E-state index contributed by atoms with van der Waals surface area (Å²) in [6.45, 7) is 2.63. The van der Waals surface area contributed by atoms with Crippen LogP contribution in [0, 0.1) is 47.3 Å². The zero-order valence-electron chi connectivity index (χ0n) is 28.4. The third-order valence-electron chi connectivity index (χ3n) is 15.7. The second-order valence-electron chi connectivity index (χ2n) is 17.8. The Morgan fingerprint density at radius 2 is 0.609 bits per heavy atom. The summed E-state index contributed by atoms with van der Waals surface area (Å²) in [4.78, 5) is 2.94. The lowest BCUT2D eigenvalue weighted by molar-refractivity contribution is 0.0432. The van der Waals surface area contributed by atoms with Gasteiger partial charge in [0.15, 0.2) is 0 Å². The third kappa shape index (κ3) is 5.28. The normalized spacial score (nSPS) is 55.7. The lowest BCUT2D eigenvalue weighted by Gasteiger charge is -2.45. The van der Waals surface area contributed by atoms with Gasteiger partial charge in [-0.25, -0.2) is 0 Å². The molecule has 10 aliphatic rings. The van der Waals surface area contributed by atoms with E-state index in [4.69, 9.17) is 0 Å². The molecule has 0 aromatic carbocycles. The molecule has 8 N–H and O–H groups in total. The lowest BCUT2D eigenvalue weighted by Crippen LogP contribution is -2.62. The van der Waals surface area contributed by atoms with E-state index < -0.39 is 0 Å². The van der Waals surface area contributed by atoms with Crippen molar-refractivity contribution in [3.63, 3.8) is 0 Å². The molecule has 8 bridgehead atoms. The largest absolute Gasteiger partial charge is 0.300 e. The van der Waals surface area contributed by atoms with Crippen LogP contribution in [0.4, 0.5) is 0 Å². The molecule has 10 rings (SSSR count). The van der Waals surface area contributed by atoms with Crippen LogP contribution in [0.15, 0.2) is 0 Å². The van der Waals surface area contributed by atoms with E-state index >= 15 is 0 Å². The number of piperidine rings is 1. The van der Waals surface area contributed by atoms with Crippen LogP contribution in [0.25, 0.3) is 0 Å². The smallest absolute Gasteiger partial charge is 0.0643 e.